The number of aromatic nitrogens is 2. The van der Waals surface area contributed by atoms with Gasteiger partial charge in [-0.25, -0.2) is 9.07 Å². The van der Waals surface area contributed by atoms with Gasteiger partial charge in [-0.2, -0.15) is 16.9 Å². The normalized spacial score (nSPS) is 13.3. The first-order chi connectivity index (χ1) is 12.7. The number of hydrogen-bond acceptors (Lipinski definition) is 4. The van der Waals surface area contributed by atoms with Crippen molar-refractivity contribution in [3.63, 3.8) is 0 Å². The van der Waals surface area contributed by atoms with Crippen LogP contribution in [0.2, 0.25) is 0 Å². The Bertz CT molecular complexity index is 856. The number of carbonyl (C=O) groups is 2. The number of thioether (sulfide) groups is 1. The summed E-state index contributed by atoms with van der Waals surface area (Å²) in [4.78, 5) is 24.8. The maximum absolute atomic E-state index is 12.9. The van der Waals surface area contributed by atoms with E-state index < -0.39 is 5.41 Å². The first kappa shape index (κ1) is 19.4. The maximum atomic E-state index is 12.9. The number of nitrogens with zero attached hydrogens (tertiary/aromatic N) is 2. The summed E-state index contributed by atoms with van der Waals surface area (Å²) >= 11 is 1.74. The molecule has 0 saturated carbocycles. The van der Waals surface area contributed by atoms with E-state index in [4.69, 9.17) is 0 Å². The fourth-order valence-electron chi connectivity index (χ4n) is 2.61. The molecule has 1 aromatic carbocycles. The summed E-state index contributed by atoms with van der Waals surface area (Å²) in [6.07, 6.45) is 0. The lowest BCUT2D eigenvalue weighted by atomic mass is 9.96. The SMILES string of the molecule is CC(C)(C)C(=O)Nc1c2c(nn1CC(=O)NCc1ccc(F)cc1)CSC2. The first-order valence-corrected chi connectivity index (χ1v) is 9.88. The minimum atomic E-state index is -0.543. The Hall–Kier alpha value is -2.35. The van der Waals surface area contributed by atoms with E-state index in [0.717, 1.165) is 28.3 Å². The molecule has 0 bridgehead atoms. The standard InChI is InChI=1S/C19H23FN4O2S/c1-19(2,3)18(26)22-17-14-10-27-11-15(14)23-24(17)9-16(25)21-8-12-4-6-13(20)7-5-12/h4-7H,8-11H2,1-3H3,(H,21,25)(H,22,26). The summed E-state index contributed by atoms with van der Waals surface area (Å²) in [7, 11) is 0. The van der Waals surface area contributed by atoms with Gasteiger partial charge in [-0.05, 0) is 17.7 Å². The highest BCUT2D eigenvalue weighted by atomic mass is 32.2. The number of nitrogens with one attached hydrogen (secondary N) is 2. The second kappa shape index (κ2) is 7.72. The van der Waals surface area contributed by atoms with E-state index in [2.05, 4.69) is 15.7 Å². The van der Waals surface area contributed by atoms with E-state index in [1.807, 2.05) is 20.8 Å². The van der Waals surface area contributed by atoms with Crippen LogP contribution in [-0.4, -0.2) is 21.6 Å². The molecule has 0 fully saturated rings. The largest absolute Gasteiger partial charge is 0.350 e. The van der Waals surface area contributed by atoms with Gasteiger partial charge in [0.25, 0.3) is 0 Å². The molecule has 1 aliphatic rings. The highest BCUT2D eigenvalue weighted by Crippen LogP contribution is 2.35. The van der Waals surface area contributed by atoms with Crippen LogP contribution < -0.4 is 10.6 Å². The van der Waals surface area contributed by atoms with Gasteiger partial charge in [-0.15, -0.1) is 0 Å². The number of halogens is 1. The third kappa shape index (κ3) is 4.68. The highest BCUT2D eigenvalue weighted by Gasteiger charge is 2.28. The van der Waals surface area contributed by atoms with Crippen molar-refractivity contribution in [1.82, 2.24) is 15.1 Å². The molecule has 1 aliphatic heterocycles. The van der Waals surface area contributed by atoms with Crippen molar-refractivity contribution in [3.05, 3.63) is 46.9 Å². The molecule has 0 unspecified atom stereocenters. The van der Waals surface area contributed by atoms with Crippen LogP contribution in [-0.2, 0) is 34.2 Å². The number of fused-ring (bicyclic) bond motifs is 1. The fraction of sp³-hybridized carbons (Fsp3) is 0.421. The van der Waals surface area contributed by atoms with Gasteiger partial charge >= 0.3 is 0 Å². The zero-order valence-corrected chi connectivity index (χ0v) is 16.5. The number of anilines is 1. The molecule has 2 amide bonds. The van der Waals surface area contributed by atoms with E-state index in [1.165, 1.54) is 12.1 Å². The van der Waals surface area contributed by atoms with Crippen LogP contribution >= 0.6 is 11.8 Å². The van der Waals surface area contributed by atoms with Crippen LogP contribution in [0.4, 0.5) is 10.2 Å². The van der Waals surface area contributed by atoms with E-state index >= 15 is 0 Å². The quantitative estimate of drug-likeness (QED) is 0.823. The zero-order valence-electron chi connectivity index (χ0n) is 15.6. The van der Waals surface area contributed by atoms with Gasteiger partial charge in [-0.3, -0.25) is 9.59 Å². The molecule has 1 aromatic heterocycles. The first-order valence-electron chi connectivity index (χ1n) is 8.73. The fourth-order valence-corrected chi connectivity index (χ4v) is 3.65. The number of hydrogen-bond donors (Lipinski definition) is 2. The summed E-state index contributed by atoms with van der Waals surface area (Å²) in [6, 6.07) is 5.98. The van der Waals surface area contributed by atoms with Crippen molar-refractivity contribution in [2.24, 2.45) is 5.41 Å². The maximum Gasteiger partial charge on any atom is 0.242 e. The van der Waals surface area contributed by atoms with Crippen LogP contribution in [0.25, 0.3) is 0 Å². The number of amides is 2. The van der Waals surface area contributed by atoms with Crippen molar-refractivity contribution in [1.29, 1.82) is 0 Å². The Balaban J connectivity index is 1.69. The Labute approximate surface area is 161 Å². The number of carbonyl (C=O) groups excluding carboxylic acids is 2. The Morgan fingerprint density at radius 3 is 2.59 bits per heavy atom. The van der Waals surface area contributed by atoms with Crippen molar-refractivity contribution >= 4 is 29.4 Å². The molecule has 144 valence electrons. The lowest BCUT2D eigenvalue weighted by molar-refractivity contribution is -0.124. The van der Waals surface area contributed by atoms with Gasteiger partial charge in [0.05, 0.1) is 5.69 Å². The lowest BCUT2D eigenvalue weighted by Crippen LogP contribution is -2.31. The Morgan fingerprint density at radius 1 is 1.22 bits per heavy atom. The van der Waals surface area contributed by atoms with Crippen LogP contribution in [0.5, 0.6) is 0 Å². The minimum absolute atomic E-state index is 0.0125. The Morgan fingerprint density at radius 2 is 1.93 bits per heavy atom. The molecule has 3 rings (SSSR count). The molecule has 0 spiro atoms. The summed E-state index contributed by atoms with van der Waals surface area (Å²) in [5, 5.41) is 10.2. The molecule has 0 atom stereocenters. The molecule has 2 aromatic rings. The molecule has 27 heavy (non-hydrogen) atoms. The second-order valence-electron chi connectivity index (χ2n) is 7.53. The van der Waals surface area contributed by atoms with Crippen LogP contribution in [0.1, 0.15) is 37.6 Å². The molecular weight excluding hydrogens is 367 g/mol. The van der Waals surface area contributed by atoms with Gasteiger partial charge in [0.15, 0.2) is 0 Å². The van der Waals surface area contributed by atoms with Gasteiger partial charge < -0.3 is 10.6 Å². The molecule has 0 saturated heterocycles. The molecule has 2 heterocycles. The smallest absolute Gasteiger partial charge is 0.242 e. The van der Waals surface area contributed by atoms with Gasteiger partial charge in [0.2, 0.25) is 11.8 Å². The molecule has 0 radical (unpaired) electrons. The summed E-state index contributed by atoms with van der Waals surface area (Å²) in [5.41, 5.74) is 2.17. The van der Waals surface area contributed by atoms with E-state index in [9.17, 15) is 14.0 Å². The summed E-state index contributed by atoms with van der Waals surface area (Å²) in [5.74, 6) is 1.50. The summed E-state index contributed by atoms with van der Waals surface area (Å²) < 4.78 is 14.5. The zero-order chi connectivity index (χ0) is 19.6. The minimum Gasteiger partial charge on any atom is -0.350 e. The van der Waals surface area contributed by atoms with E-state index in [-0.39, 0.29) is 24.2 Å². The third-order valence-electron chi connectivity index (χ3n) is 4.23. The van der Waals surface area contributed by atoms with Gasteiger partial charge in [-0.1, -0.05) is 32.9 Å². The predicted molar refractivity (Wildman–Crippen MR) is 104 cm³/mol. The van der Waals surface area contributed by atoms with Crippen LogP contribution in [0.3, 0.4) is 0 Å². The second-order valence-corrected chi connectivity index (χ2v) is 8.52. The predicted octanol–water partition coefficient (Wildman–Crippen LogP) is 3.07. The average molecular weight is 390 g/mol. The van der Waals surface area contributed by atoms with Gasteiger partial charge in [0.1, 0.15) is 18.2 Å². The van der Waals surface area contributed by atoms with Crippen LogP contribution in [0.15, 0.2) is 24.3 Å². The topological polar surface area (TPSA) is 76.0 Å². The van der Waals surface area contributed by atoms with Crippen LogP contribution in [0, 0.1) is 11.2 Å². The molecule has 6 nitrogen and oxygen atoms in total. The van der Waals surface area contributed by atoms with Gasteiger partial charge in [0, 0.05) is 29.0 Å². The lowest BCUT2D eigenvalue weighted by Gasteiger charge is -2.19. The molecule has 2 N–H and O–H groups in total. The van der Waals surface area contributed by atoms with E-state index in [1.54, 1.807) is 28.6 Å². The number of benzene rings is 1. The van der Waals surface area contributed by atoms with Crippen molar-refractivity contribution in [2.75, 3.05) is 5.32 Å². The molecule has 8 heteroatoms. The molecular formula is C19H23FN4O2S. The monoisotopic (exact) mass is 390 g/mol. The third-order valence-corrected chi connectivity index (χ3v) is 5.20. The van der Waals surface area contributed by atoms with E-state index in [0.29, 0.717) is 12.4 Å². The van der Waals surface area contributed by atoms with Crippen molar-refractivity contribution in [3.8, 4) is 0 Å². The van der Waals surface area contributed by atoms with Crippen molar-refractivity contribution < 1.29 is 14.0 Å². The van der Waals surface area contributed by atoms with Crippen molar-refractivity contribution in [2.45, 2.75) is 45.4 Å². The summed E-state index contributed by atoms with van der Waals surface area (Å²) in [6.45, 7) is 5.84. The molecule has 0 aliphatic carbocycles. The highest BCUT2D eigenvalue weighted by molar-refractivity contribution is 7.98. The average Bonchev–Trinajstić information content (AvgIpc) is 3.16. The Kier molecular flexibility index (Phi) is 5.55. The number of rotatable bonds is 5.